The lowest BCUT2D eigenvalue weighted by atomic mass is 10.0. The highest BCUT2D eigenvalue weighted by molar-refractivity contribution is 7.99. The Kier molecular flexibility index (Phi) is 6.73. The van der Waals surface area contributed by atoms with E-state index >= 15 is 0 Å². The van der Waals surface area contributed by atoms with E-state index in [9.17, 15) is 0 Å². The van der Waals surface area contributed by atoms with Gasteiger partial charge in [-0.05, 0) is 30.0 Å². The summed E-state index contributed by atoms with van der Waals surface area (Å²) >= 11 is 1.56. The number of hydrogen-bond donors (Lipinski definition) is 1. The fourth-order valence-corrected chi connectivity index (χ4v) is 2.76. The lowest BCUT2D eigenvalue weighted by Gasteiger charge is -2.09. The molecule has 1 aromatic carbocycles. The van der Waals surface area contributed by atoms with E-state index in [0.717, 1.165) is 24.5 Å². The molecule has 0 spiro atoms. The van der Waals surface area contributed by atoms with Gasteiger partial charge in [-0.15, -0.1) is 10.2 Å². The summed E-state index contributed by atoms with van der Waals surface area (Å²) in [5.74, 6) is 8.81. The van der Waals surface area contributed by atoms with Crippen LogP contribution in [0.25, 0.3) is 0 Å². The van der Waals surface area contributed by atoms with E-state index in [2.05, 4.69) is 36.2 Å². The van der Waals surface area contributed by atoms with Crippen LogP contribution >= 0.6 is 11.8 Å². The first-order valence-electron chi connectivity index (χ1n) is 7.65. The number of benzene rings is 1. The summed E-state index contributed by atoms with van der Waals surface area (Å²) < 4.78 is 12.2. The van der Waals surface area contributed by atoms with Crippen molar-refractivity contribution >= 4 is 11.8 Å². The molecule has 0 bridgehead atoms. The van der Waals surface area contributed by atoms with Gasteiger partial charge in [-0.3, -0.25) is 0 Å². The summed E-state index contributed by atoms with van der Waals surface area (Å²) in [6.45, 7) is 5.36. The number of rotatable bonds is 9. The lowest BCUT2D eigenvalue weighted by Crippen LogP contribution is -2.16. The fraction of sp³-hybridized carbons (Fsp3) is 0.500. The molecule has 6 nitrogen and oxygen atoms in total. The fourth-order valence-electron chi connectivity index (χ4n) is 1.97. The number of hydrogen-bond acceptors (Lipinski definition) is 6. The Labute approximate surface area is 141 Å². The first-order valence-corrected chi connectivity index (χ1v) is 8.64. The SMILES string of the molecule is COCCCSc1nnc(COc2ccc(C(C)C)cc2)n1N. The number of nitrogens with zero attached hydrogens (tertiary/aromatic N) is 3. The highest BCUT2D eigenvalue weighted by Gasteiger charge is 2.10. The Hall–Kier alpha value is -1.73. The van der Waals surface area contributed by atoms with Gasteiger partial charge < -0.3 is 15.3 Å². The lowest BCUT2D eigenvalue weighted by molar-refractivity contribution is 0.200. The first kappa shape index (κ1) is 17.6. The van der Waals surface area contributed by atoms with Gasteiger partial charge in [-0.25, -0.2) is 4.68 Å². The average molecular weight is 336 g/mol. The van der Waals surface area contributed by atoms with E-state index in [1.165, 1.54) is 10.2 Å². The van der Waals surface area contributed by atoms with Crippen LogP contribution in [0.1, 0.15) is 37.6 Å². The molecule has 2 N–H and O–H groups in total. The van der Waals surface area contributed by atoms with Crippen molar-refractivity contribution in [2.75, 3.05) is 25.3 Å². The van der Waals surface area contributed by atoms with E-state index in [1.54, 1.807) is 18.9 Å². The van der Waals surface area contributed by atoms with Crippen LogP contribution in [0.5, 0.6) is 5.75 Å². The largest absolute Gasteiger partial charge is 0.486 e. The maximum Gasteiger partial charge on any atom is 0.209 e. The molecule has 126 valence electrons. The summed E-state index contributed by atoms with van der Waals surface area (Å²) in [5, 5.41) is 8.87. The standard InChI is InChI=1S/C16H24N4O2S/c1-12(2)13-5-7-14(8-6-13)22-11-15-18-19-16(20(15)17)23-10-4-9-21-3/h5-8,12H,4,9-11,17H2,1-3H3. The minimum absolute atomic E-state index is 0.295. The highest BCUT2D eigenvalue weighted by atomic mass is 32.2. The average Bonchev–Trinajstić information content (AvgIpc) is 2.90. The number of nitrogens with two attached hydrogens (primary N) is 1. The molecule has 2 aromatic rings. The van der Waals surface area contributed by atoms with Crippen LogP contribution in [0.15, 0.2) is 29.4 Å². The second-order valence-electron chi connectivity index (χ2n) is 5.48. The Morgan fingerprint density at radius 1 is 1.22 bits per heavy atom. The van der Waals surface area contributed by atoms with Crippen LogP contribution in [0.3, 0.4) is 0 Å². The quantitative estimate of drug-likeness (QED) is 0.431. The molecule has 1 heterocycles. The maximum absolute atomic E-state index is 6.01. The summed E-state index contributed by atoms with van der Waals surface area (Å²) in [7, 11) is 1.69. The molecule has 0 aliphatic carbocycles. The molecule has 1 aromatic heterocycles. The van der Waals surface area contributed by atoms with Gasteiger partial charge in [0.15, 0.2) is 5.82 Å². The second-order valence-corrected chi connectivity index (χ2v) is 6.54. The molecule has 0 saturated heterocycles. The van der Waals surface area contributed by atoms with E-state index in [-0.39, 0.29) is 0 Å². The van der Waals surface area contributed by atoms with Crippen molar-refractivity contribution in [2.24, 2.45) is 0 Å². The van der Waals surface area contributed by atoms with Crippen molar-refractivity contribution in [1.29, 1.82) is 0 Å². The van der Waals surface area contributed by atoms with Gasteiger partial charge in [0, 0.05) is 19.5 Å². The van der Waals surface area contributed by atoms with E-state index < -0.39 is 0 Å². The molecule has 0 aliphatic heterocycles. The van der Waals surface area contributed by atoms with Gasteiger partial charge in [0.2, 0.25) is 5.16 Å². The smallest absolute Gasteiger partial charge is 0.209 e. The molecule has 23 heavy (non-hydrogen) atoms. The maximum atomic E-state index is 6.01. The summed E-state index contributed by atoms with van der Waals surface area (Å²) in [5.41, 5.74) is 1.29. The molecular formula is C16H24N4O2S. The summed E-state index contributed by atoms with van der Waals surface area (Å²) in [6.07, 6.45) is 0.946. The topological polar surface area (TPSA) is 75.2 Å². The van der Waals surface area contributed by atoms with Crippen molar-refractivity contribution in [3.05, 3.63) is 35.7 Å². The summed E-state index contributed by atoms with van der Waals surface area (Å²) in [4.78, 5) is 0. The Morgan fingerprint density at radius 2 is 1.96 bits per heavy atom. The molecule has 0 unspecified atom stereocenters. The normalized spacial score (nSPS) is 11.1. The highest BCUT2D eigenvalue weighted by Crippen LogP contribution is 2.20. The van der Waals surface area contributed by atoms with Crippen LogP contribution in [-0.4, -0.2) is 34.3 Å². The van der Waals surface area contributed by atoms with E-state index in [4.69, 9.17) is 15.3 Å². The molecule has 7 heteroatoms. The molecule has 2 rings (SSSR count). The van der Waals surface area contributed by atoms with Crippen LogP contribution in [0.4, 0.5) is 0 Å². The third-order valence-corrected chi connectivity index (χ3v) is 4.40. The first-order chi connectivity index (χ1) is 11.1. The van der Waals surface area contributed by atoms with Gasteiger partial charge in [0.1, 0.15) is 12.4 Å². The zero-order chi connectivity index (χ0) is 16.7. The molecule has 0 atom stereocenters. The number of methoxy groups -OCH3 is 1. The van der Waals surface area contributed by atoms with Crippen molar-refractivity contribution < 1.29 is 9.47 Å². The van der Waals surface area contributed by atoms with Gasteiger partial charge in [-0.2, -0.15) is 0 Å². The molecule has 0 radical (unpaired) electrons. The molecule has 0 aliphatic rings. The van der Waals surface area contributed by atoms with Gasteiger partial charge in [0.05, 0.1) is 0 Å². The number of ether oxygens (including phenoxy) is 2. The van der Waals surface area contributed by atoms with Gasteiger partial charge in [0.25, 0.3) is 0 Å². The van der Waals surface area contributed by atoms with Crippen LogP contribution in [0, 0.1) is 0 Å². The third-order valence-electron chi connectivity index (χ3n) is 3.37. The monoisotopic (exact) mass is 336 g/mol. The Balaban J connectivity index is 1.87. The van der Waals surface area contributed by atoms with Crippen LogP contribution in [0.2, 0.25) is 0 Å². The second kappa shape index (κ2) is 8.79. The Bertz CT molecular complexity index is 599. The van der Waals surface area contributed by atoms with Gasteiger partial charge in [-0.1, -0.05) is 37.7 Å². The predicted octanol–water partition coefficient (Wildman–Crippen LogP) is 2.82. The van der Waals surface area contributed by atoms with E-state index in [0.29, 0.717) is 23.5 Å². The van der Waals surface area contributed by atoms with Crippen molar-refractivity contribution in [1.82, 2.24) is 14.9 Å². The predicted molar refractivity (Wildman–Crippen MR) is 92.3 cm³/mol. The van der Waals surface area contributed by atoms with Gasteiger partial charge >= 0.3 is 0 Å². The molecule has 0 saturated carbocycles. The third kappa shape index (κ3) is 5.14. The zero-order valence-corrected chi connectivity index (χ0v) is 14.7. The van der Waals surface area contributed by atoms with Crippen molar-refractivity contribution in [3.8, 4) is 5.75 Å². The molecular weight excluding hydrogens is 312 g/mol. The number of aromatic nitrogens is 3. The number of thioether (sulfide) groups is 1. The Morgan fingerprint density at radius 3 is 2.61 bits per heavy atom. The van der Waals surface area contributed by atoms with Crippen LogP contribution < -0.4 is 10.6 Å². The van der Waals surface area contributed by atoms with E-state index in [1.807, 2.05) is 12.1 Å². The minimum Gasteiger partial charge on any atom is -0.486 e. The van der Waals surface area contributed by atoms with Crippen molar-refractivity contribution in [2.45, 2.75) is 37.9 Å². The zero-order valence-electron chi connectivity index (χ0n) is 13.9. The van der Waals surface area contributed by atoms with Crippen molar-refractivity contribution in [3.63, 3.8) is 0 Å². The summed E-state index contributed by atoms with van der Waals surface area (Å²) in [6, 6.07) is 8.08. The minimum atomic E-state index is 0.295. The molecule has 0 fully saturated rings. The molecule has 0 amide bonds. The van der Waals surface area contributed by atoms with Crippen LogP contribution in [-0.2, 0) is 11.3 Å². The number of nitrogen functional groups attached to an aromatic ring is 1.